The van der Waals surface area contributed by atoms with Crippen LogP contribution in [-0.2, 0) is 30.9 Å². The highest BCUT2D eigenvalue weighted by Crippen LogP contribution is 2.29. The van der Waals surface area contributed by atoms with Gasteiger partial charge < -0.3 is 15.0 Å². The molecule has 1 aromatic heterocycles. The highest BCUT2D eigenvalue weighted by Gasteiger charge is 2.36. The number of nitrogens with zero attached hydrogens (tertiary/aromatic N) is 4. The number of ketones is 1. The van der Waals surface area contributed by atoms with E-state index in [2.05, 4.69) is 27.0 Å². The van der Waals surface area contributed by atoms with Crippen LogP contribution in [0.4, 0.5) is 17.3 Å². The Hall–Kier alpha value is -2.70. The minimum Gasteiger partial charge on any atom is -0.378 e. The SMILES string of the molecule is CCCCCCCCCCCCCCCCS(=O)(=O)Nc1ccc(Cl)c(NC(=O)C(Cn2cnc(N3CCOCC3)n2)C(=O)C(C)(C)C)c1. The largest absolute Gasteiger partial charge is 0.378 e. The van der Waals surface area contributed by atoms with Gasteiger partial charge in [-0.1, -0.05) is 123 Å². The van der Waals surface area contributed by atoms with E-state index in [1.165, 1.54) is 87.4 Å². The number of Topliss-reactive ketones (excluding diaryl/α,β-unsaturated/α-hetero) is 1. The third kappa shape index (κ3) is 15.0. The third-order valence-electron chi connectivity index (χ3n) is 8.82. The molecule has 13 heteroatoms. The zero-order chi connectivity index (χ0) is 35.7. The molecule has 3 rings (SSSR count). The van der Waals surface area contributed by atoms with Gasteiger partial charge in [-0.15, -0.1) is 5.10 Å². The van der Waals surface area contributed by atoms with Crippen LogP contribution in [0.3, 0.4) is 0 Å². The molecule has 1 aliphatic heterocycles. The summed E-state index contributed by atoms with van der Waals surface area (Å²) in [6.45, 7) is 10.00. The molecule has 276 valence electrons. The van der Waals surface area contributed by atoms with Crippen LogP contribution >= 0.6 is 11.6 Å². The number of carbonyl (C=O) groups excluding carboxylic acids is 2. The first-order valence-corrected chi connectivity index (χ1v) is 20.3. The maximum Gasteiger partial charge on any atom is 0.244 e. The number of amides is 1. The van der Waals surface area contributed by atoms with Crippen LogP contribution in [-0.4, -0.2) is 66.9 Å². The van der Waals surface area contributed by atoms with Crippen LogP contribution in [0.5, 0.6) is 0 Å². The van der Waals surface area contributed by atoms with E-state index in [1.54, 1.807) is 26.8 Å². The van der Waals surface area contributed by atoms with Gasteiger partial charge in [0.05, 0.1) is 41.9 Å². The van der Waals surface area contributed by atoms with Crippen molar-refractivity contribution >= 4 is 50.6 Å². The van der Waals surface area contributed by atoms with Gasteiger partial charge in [0.1, 0.15) is 12.2 Å². The van der Waals surface area contributed by atoms with Crippen molar-refractivity contribution in [3.05, 3.63) is 29.5 Å². The molecule has 1 aliphatic rings. The summed E-state index contributed by atoms with van der Waals surface area (Å²) in [5.41, 5.74) is -0.303. The Labute approximate surface area is 299 Å². The van der Waals surface area contributed by atoms with Gasteiger partial charge in [-0.25, -0.2) is 18.1 Å². The smallest absolute Gasteiger partial charge is 0.244 e. The Balaban J connectivity index is 1.47. The molecule has 11 nitrogen and oxygen atoms in total. The molecule has 49 heavy (non-hydrogen) atoms. The molecule has 0 aliphatic carbocycles. The normalized spacial score (nSPS) is 14.5. The van der Waals surface area contributed by atoms with Gasteiger partial charge in [0.2, 0.25) is 21.9 Å². The number of benzene rings is 1. The molecule has 1 atom stereocenters. The highest BCUT2D eigenvalue weighted by molar-refractivity contribution is 7.92. The van der Waals surface area contributed by atoms with E-state index in [0.29, 0.717) is 38.7 Å². The molecule has 2 N–H and O–H groups in total. The van der Waals surface area contributed by atoms with Crippen LogP contribution in [0.25, 0.3) is 0 Å². The van der Waals surface area contributed by atoms with Crippen molar-refractivity contribution in [1.29, 1.82) is 0 Å². The van der Waals surface area contributed by atoms with Gasteiger partial charge in [-0.2, -0.15) is 0 Å². The fraction of sp³-hybridized carbons (Fsp3) is 0.722. The van der Waals surface area contributed by atoms with E-state index in [-0.39, 0.29) is 34.5 Å². The predicted octanol–water partition coefficient (Wildman–Crippen LogP) is 7.86. The number of rotatable bonds is 23. The second kappa shape index (κ2) is 20.8. The Kier molecular flexibility index (Phi) is 17.3. The summed E-state index contributed by atoms with van der Waals surface area (Å²) >= 11 is 6.42. The van der Waals surface area contributed by atoms with E-state index >= 15 is 0 Å². The number of nitrogens with one attached hydrogen (secondary N) is 2. The first-order valence-electron chi connectivity index (χ1n) is 18.3. The maximum absolute atomic E-state index is 13.6. The van der Waals surface area contributed by atoms with Crippen molar-refractivity contribution in [3.8, 4) is 0 Å². The van der Waals surface area contributed by atoms with Crippen LogP contribution in [0, 0.1) is 11.3 Å². The number of hydrogen-bond acceptors (Lipinski definition) is 8. The van der Waals surface area contributed by atoms with E-state index in [4.69, 9.17) is 16.3 Å². The van der Waals surface area contributed by atoms with Gasteiger partial charge in [0.15, 0.2) is 5.78 Å². The topological polar surface area (TPSA) is 136 Å². The van der Waals surface area contributed by atoms with E-state index < -0.39 is 27.3 Å². The summed E-state index contributed by atoms with van der Waals surface area (Å²) < 4.78 is 35.2. The monoisotopic (exact) mass is 722 g/mol. The molecule has 2 heterocycles. The third-order valence-corrected chi connectivity index (χ3v) is 10.5. The molecule has 1 aromatic carbocycles. The summed E-state index contributed by atoms with van der Waals surface area (Å²) in [5, 5.41) is 7.49. The highest BCUT2D eigenvalue weighted by atomic mass is 35.5. The number of hydrogen-bond donors (Lipinski definition) is 2. The first-order chi connectivity index (χ1) is 23.4. The summed E-state index contributed by atoms with van der Waals surface area (Å²) in [6, 6.07) is 4.56. The molecule has 1 unspecified atom stereocenters. The van der Waals surface area contributed by atoms with Crippen LogP contribution < -0.4 is 14.9 Å². The Morgan fingerprint density at radius 3 is 2.06 bits per heavy atom. The zero-order valence-corrected chi connectivity index (χ0v) is 31.7. The molecule has 0 bridgehead atoms. The number of carbonyl (C=O) groups is 2. The van der Waals surface area contributed by atoms with Crippen LogP contribution in [0.1, 0.15) is 118 Å². The standard InChI is InChI=1S/C36H59ClN6O5S/c1-5-6-7-8-9-10-11-12-13-14-15-16-17-18-25-49(46,47)41-29-19-20-31(37)32(26-29)39-34(45)30(33(44)36(2,3)4)27-43-28-38-35(40-43)42-21-23-48-24-22-42/h19-20,26,28,30,41H,5-18,21-25,27H2,1-4H3,(H,39,45). The average molecular weight is 723 g/mol. The maximum atomic E-state index is 13.6. The van der Waals surface area contributed by atoms with Crippen LogP contribution in [0.15, 0.2) is 24.5 Å². The molecule has 1 saturated heterocycles. The molecule has 2 aromatic rings. The first kappa shape index (κ1) is 40.7. The predicted molar refractivity (Wildman–Crippen MR) is 199 cm³/mol. The lowest BCUT2D eigenvalue weighted by molar-refractivity contribution is -0.137. The molecule has 0 radical (unpaired) electrons. The lowest BCUT2D eigenvalue weighted by Crippen LogP contribution is -2.39. The Morgan fingerprint density at radius 2 is 1.49 bits per heavy atom. The lowest BCUT2D eigenvalue weighted by Gasteiger charge is -2.25. The number of anilines is 3. The fourth-order valence-electron chi connectivity index (χ4n) is 5.90. The molecular formula is C36H59ClN6O5S. The molecular weight excluding hydrogens is 664 g/mol. The van der Waals surface area contributed by atoms with E-state index in [1.807, 2.05) is 4.90 Å². The minimum absolute atomic E-state index is 0.0115. The quantitative estimate of drug-likeness (QED) is 0.0874. The van der Waals surface area contributed by atoms with Gasteiger partial charge in [-0.05, 0) is 24.6 Å². The van der Waals surface area contributed by atoms with Gasteiger partial charge in [-0.3, -0.25) is 14.3 Å². The van der Waals surface area contributed by atoms with Gasteiger partial charge in [0, 0.05) is 18.5 Å². The van der Waals surface area contributed by atoms with Crippen molar-refractivity contribution in [1.82, 2.24) is 14.8 Å². The summed E-state index contributed by atoms with van der Waals surface area (Å²) in [5.74, 6) is -1.39. The molecule has 0 saturated carbocycles. The Morgan fingerprint density at radius 1 is 0.918 bits per heavy atom. The number of aromatic nitrogens is 3. The van der Waals surface area contributed by atoms with E-state index in [0.717, 1.165) is 19.3 Å². The summed E-state index contributed by atoms with van der Waals surface area (Å²) in [6.07, 6.45) is 18.3. The lowest BCUT2D eigenvalue weighted by atomic mass is 9.82. The molecule has 0 spiro atoms. The summed E-state index contributed by atoms with van der Waals surface area (Å²) in [7, 11) is -3.60. The van der Waals surface area contributed by atoms with Crippen molar-refractivity contribution in [3.63, 3.8) is 0 Å². The average Bonchev–Trinajstić information content (AvgIpc) is 3.53. The van der Waals surface area contributed by atoms with Crippen molar-refractivity contribution < 1.29 is 22.7 Å². The molecule has 1 fully saturated rings. The van der Waals surface area contributed by atoms with E-state index in [9.17, 15) is 18.0 Å². The van der Waals surface area contributed by atoms with Gasteiger partial charge >= 0.3 is 0 Å². The van der Waals surface area contributed by atoms with Crippen molar-refractivity contribution in [2.75, 3.05) is 47.0 Å². The van der Waals surface area contributed by atoms with Gasteiger partial charge in [0.25, 0.3) is 0 Å². The second-order valence-corrected chi connectivity index (χ2v) is 16.5. The summed E-state index contributed by atoms with van der Waals surface area (Å²) in [4.78, 5) is 33.4. The van der Waals surface area contributed by atoms with Crippen molar-refractivity contribution in [2.24, 2.45) is 11.3 Å². The Bertz CT molecular complexity index is 1400. The van der Waals surface area contributed by atoms with Crippen LogP contribution in [0.2, 0.25) is 5.02 Å². The zero-order valence-electron chi connectivity index (χ0n) is 30.1. The second-order valence-electron chi connectivity index (χ2n) is 14.2. The fourth-order valence-corrected chi connectivity index (χ4v) is 7.23. The number of unbranched alkanes of at least 4 members (excludes halogenated alkanes) is 13. The van der Waals surface area contributed by atoms with Crippen molar-refractivity contribution in [2.45, 2.75) is 124 Å². The number of ether oxygens (including phenoxy) is 1. The number of morpholine rings is 1. The minimum atomic E-state index is -3.60. The number of sulfonamides is 1. The molecule has 1 amide bonds. The number of halogens is 1.